The number of hydrogen-bond donors (Lipinski definition) is 2. The van der Waals surface area contributed by atoms with Gasteiger partial charge in [0.05, 0.1) is 26.0 Å². The van der Waals surface area contributed by atoms with E-state index in [1.807, 2.05) is 12.1 Å². The number of pyridine rings is 1. The first-order valence-electron chi connectivity index (χ1n) is 12.3. The van der Waals surface area contributed by atoms with Gasteiger partial charge in [0.25, 0.3) is 0 Å². The zero-order chi connectivity index (χ0) is 26.7. The number of carbonyl (C=O) groups is 1. The second kappa shape index (κ2) is 14.0. The van der Waals surface area contributed by atoms with Crippen molar-refractivity contribution in [3.05, 3.63) is 59.3 Å². The van der Waals surface area contributed by atoms with Crippen LogP contribution in [0.5, 0.6) is 5.75 Å². The van der Waals surface area contributed by atoms with Gasteiger partial charge in [-0.1, -0.05) is 42.7 Å². The summed E-state index contributed by atoms with van der Waals surface area (Å²) in [5.41, 5.74) is 3.54. The van der Waals surface area contributed by atoms with Crippen LogP contribution in [0.25, 0.3) is 0 Å². The summed E-state index contributed by atoms with van der Waals surface area (Å²) in [7, 11) is 1.59. The molecule has 38 heavy (non-hydrogen) atoms. The Kier molecular flexibility index (Phi) is 10.2. The van der Waals surface area contributed by atoms with E-state index in [0.29, 0.717) is 36.9 Å². The number of ether oxygens (including phenoxy) is 3. The van der Waals surface area contributed by atoms with Crippen LogP contribution in [0.3, 0.4) is 0 Å². The number of thioether (sulfide) groups is 1. The van der Waals surface area contributed by atoms with Crippen molar-refractivity contribution in [2.45, 2.75) is 30.0 Å². The highest BCUT2D eigenvalue weighted by Crippen LogP contribution is 2.29. The van der Waals surface area contributed by atoms with E-state index in [4.69, 9.17) is 19.2 Å². The van der Waals surface area contributed by atoms with E-state index in [1.165, 1.54) is 6.08 Å². The number of nitrogens with one attached hydrogen (secondary N) is 2. The topological polar surface area (TPSA) is 111 Å². The zero-order valence-electron chi connectivity index (χ0n) is 21.6. The molecule has 3 heterocycles. The predicted octanol–water partition coefficient (Wildman–Crippen LogP) is 4.98. The van der Waals surface area contributed by atoms with Crippen LogP contribution in [-0.4, -0.2) is 61.3 Å². The number of aryl methyl sites for hydroxylation is 1. The third-order valence-corrected chi connectivity index (χ3v) is 7.82. The van der Waals surface area contributed by atoms with Crippen LogP contribution in [0, 0.1) is 0 Å². The Bertz CT molecular complexity index is 1230. The van der Waals surface area contributed by atoms with Crippen LogP contribution in [0.1, 0.15) is 23.2 Å². The highest BCUT2D eigenvalue weighted by Gasteiger charge is 2.15. The minimum Gasteiger partial charge on any atom is -0.497 e. The first-order valence-corrected chi connectivity index (χ1v) is 14.1. The maximum Gasteiger partial charge on any atom is 0.411 e. The molecule has 12 heteroatoms. The molecule has 1 aromatic carbocycles. The molecule has 2 N–H and O–H groups in total. The number of hydrogen-bond acceptors (Lipinski definition) is 11. The standard InChI is InChI=1S/C26H32N6O4S2/c1-4-8-36-25(33)29-19-11-18(12-22(14-19)34-3)16-27-23-15-21(32-6-9-35-10-7-32)13-20(28-23)17-37-26-31-30-24(5-2)38-26/h4,11-15H,1,5-10,16-17H2,2-3H3,(H,27,28)(H,29,33). The lowest BCUT2D eigenvalue weighted by atomic mass is 10.2. The number of amides is 1. The van der Waals surface area contributed by atoms with E-state index >= 15 is 0 Å². The summed E-state index contributed by atoms with van der Waals surface area (Å²) in [4.78, 5) is 19.2. The molecule has 3 aromatic rings. The van der Waals surface area contributed by atoms with Crippen LogP contribution >= 0.6 is 23.1 Å². The lowest BCUT2D eigenvalue weighted by Gasteiger charge is -2.29. The van der Waals surface area contributed by atoms with Gasteiger partial charge in [0.1, 0.15) is 23.2 Å². The fraction of sp³-hybridized carbons (Fsp3) is 0.385. The van der Waals surface area contributed by atoms with Gasteiger partial charge in [0.15, 0.2) is 4.34 Å². The van der Waals surface area contributed by atoms with Crippen molar-refractivity contribution in [1.82, 2.24) is 15.2 Å². The summed E-state index contributed by atoms with van der Waals surface area (Å²) in [5, 5.41) is 15.7. The molecule has 0 unspecified atom stereocenters. The average Bonchev–Trinajstić information content (AvgIpc) is 3.42. The van der Waals surface area contributed by atoms with Crippen molar-refractivity contribution < 1.29 is 19.0 Å². The minimum absolute atomic E-state index is 0.134. The van der Waals surface area contributed by atoms with Gasteiger partial charge >= 0.3 is 6.09 Å². The summed E-state index contributed by atoms with van der Waals surface area (Å²) in [5.74, 6) is 2.07. The maximum absolute atomic E-state index is 12.0. The number of carbonyl (C=O) groups excluding carboxylic acids is 1. The molecule has 0 aliphatic carbocycles. The molecule has 4 rings (SSSR count). The molecule has 1 aliphatic rings. The number of benzene rings is 1. The number of morpholine rings is 1. The number of rotatable bonds is 12. The van der Waals surface area contributed by atoms with Crippen molar-refractivity contribution in [2.75, 3.05) is 55.6 Å². The van der Waals surface area contributed by atoms with Crippen molar-refractivity contribution in [1.29, 1.82) is 0 Å². The number of anilines is 3. The highest BCUT2D eigenvalue weighted by atomic mass is 32.2. The van der Waals surface area contributed by atoms with Gasteiger partial charge in [-0.05, 0) is 30.2 Å². The van der Waals surface area contributed by atoms with E-state index in [2.05, 4.69) is 51.4 Å². The molecule has 1 aliphatic heterocycles. The summed E-state index contributed by atoms with van der Waals surface area (Å²) < 4.78 is 16.9. The number of nitrogens with zero attached hydrogens (tertiary/aromatic N) is 4. The Morgan fingerprint density at radius 3 is 2.82 bits per heavy atom. The Hall–Kier alpha value is -3.35. The second-order valence-electron chi connectivity index (χ2n) is 8.34. The van der Waals surface area contributed by atoms with Gasteiger partial charge in [0, 0.05) is 48.9 Å². The first kappa shape index (κ1) is 27.7. The summed E-state index contributed by atoms with van der Waals surface area (Å²) >= 11 is 3.27. The molecule has 0 radical (unpaired) electrons. The van der Waals surface area contributed by atoms with Crippen LogP contribution in [0.15, 0.2) is 47.3 Å². The monoisotopic (exact) mass is 556 g/mol. The second-order valence-corrected chi connectivity index (χ2v) is 10.6. The molecule has 10 nitrogen and oxygen atoms in total. The maximum atomic E-state index is 12.0. The number of aromatic nitrogens is 3. The molecule has 0 saturated carbocycles. The van der Waals surface area contributed by atoms with Crippen LogP contribution in [-0.2, 0) is 28.2 Å². The molecule has 0 atom stereocenters. The first-order chi connectivity index (χ1) is 18.6. The average molecular weight is 557 g/mol. The van der Waals surface area contributed by atoms with Crippen molar-refractivity contribution in [3.63, 3.8) is 0 Å². The largest absolute Gasteiger partial charge is 0.497 e. The zero-order valence-corrected chi connectivity index (χ0v) is 23.2. The van der Waals surface area contributed by atoms with E-state index in [9.17, 15) is 4.79 Å². The van der Waals surface area contributed by atoms with E-state index in [-0.39, 0.29) is 6.61 Å². The molecule has 1 amide bonds. The van der Waals surface area contributed by atoms with Crippen LogP contribution in [0.4, 0.5) is 22.0 Å². The lowest BCUT2D eigenvalue weighted by Crippen LogP contribution is -2.36. The van der Waals surface area contributed by atoms with Crippen molar-refractivity contribution >= 4 is 46.4 Å². The molecular formula is C26H32N6O4S2. The van der Waals surface area contributed by atoms with E-state index in [1.54, 1.807) is 36.3 Å². The van der Waals surface area contributed by atoms with E-state index < -0.39 is 6.09 Å². The van der Waals surface area contributed by atoms with Gasteiger partial charge in [-0.2, -0.15) is 0 Å². The van der Waals surface area contributed by atoms with Crippen LogP contribution in [0.2, 0.25) is 0 Å². The van der Waals surface area contributed by atoms with Crippen molar-refractivity contribution in [2.24, 2.45) is 0 Å². The Balaban J connectivity index is 1.49. The summed E-state index contributed by atoms with van der Waals surface area (Å²) in [6.45, 7) is 9.32. The molecule has 1 saturated heterocycles. The van der Waals surface area contributed by atoms with Gasteiger partial charge < -0.3 is 24.4 Å². The molecule has 0 spiro atoms. The molecule has 2 aromatic heterocycles. The van der Waals surface area contributed by atoms with Gasteiger partial charge in [-0.3, -0.25) is 5.32 Å². The lowest BCUT2D eigenvalue weighted by molar-refractivity contribution is 0.122. The molecule has 1 fully saturated rings. The fourth-order valence-corrected chi connectivity index (χ4v) is 5.48. The fourth-order valence-electron chi connectivity index (χ4n) is 3.75. The minimum atomic E-state index is -0.555. The van der Waals surface area contributed by atoms with Gasteiger partial charge in [-0.15, -0.1) is 10.2 Å². The highest BCUT2D eigenvalue weighted by molar-refractivity contribution is 8.00. The van der Waals surface area contributed by atoms with Gasteiger partial charge in [-0.25, -0.2) is 9.78 Å². The van der Waals surface area contributed by atoms with Gasteiger partial charge in [0.2, 0.25) is 0 Å². The third kappa shape index (κ3) is 8.07. The molecule has 0 bridgehead atoms. The Morgan fingerprint density at radius 2 is 2.08 bits per heavy atom. The Labute approximate surface area is 230 Å². The summed E-state index contributed by atoms with van der Waals surface area (Å²) in [6.07, 6.45) is 1.84. The van der Waals surface area contributed by atoms with E-state index in [0.717, 1.165) is 51.6 Å². The van der Waals surface area contributed by atoms with Crippen LogP contribution < -0.4 is 20.3 Å². The molecule has 202 valence electrons. The Morgan fingerprint density at radius 1 is 1.24 bits per heavy atom. The summed E-state index contributed by atoms with van der Waals surface area (Å²) in [6, 6.07) is 9.71. The predicted molar refractivity (Wildman–Crippen MR) is 152 cm³/mol. The quantitative estimate of drug-likeness (QED) is 0.234. The number of methoxy groups -OCH3 is 1. The molecular weight excluding hydrogens is 524 g/mol. The third-order valence-electron chi connectivity index (χ3n) is 5.59. The smallest absolute Gasteiger partial charge is 0.411 e. The SMILES string of the molecule is C=CCOC(=O)Nc1cc(CNc2cc(N3CCOCC3)cc(CSc3nnc(CC)s3)n2)cc(OC)c1. The van der Waals surface area contributed by atoms with Crippen molar-refractivity contribution in [3.8, 4) is 5.75 Å². The normalized spacial score (nSPS) is 13.2.